The van der Waals surface area contributed by atoms with Crippen molar-refractivity contribution in [3.05, 3.63) is 89.5 Å². The molecule has 0 aliphatic carbocycles. The summed E-state index contributed by atoms with van der Waals surface area (Å²) in [6, 6.07) is 16.2. The Morgan fingerprint density at radius 1 is 0.707 bits per heavy atom. The number of H-pyrrole nitrogens is 1. The van der Waals surface area contributed by atoms with Gasteiger partial charge in [-0.3, -0.25) is 28.9 Å². The summed E-state index contributed by atoms with van der Waals surface area (Å²) in [4.78, 5) is 71.4. The maximum Gasteiger partial charge on any atom is 0.251 e. The number of nitrogens with zero attached hydrogens (tertiary/aromatic N) is 1. The summed E-state index contributed by atoms with van der Waals surface area (Å²) in [5.74, 6) is -3.73. The van der Waals surface area contributed by atoms with Gasteiger partial charge in [0.2, 0.25) is 17.3 Å². The largest absolute Gasteiger partial charge is 0.341 e. The Kier molecular flexibility index (Phi) is 10.6. The molecule has 2 unspecified atom stereocenters. The molecule has 1 aromatic heterocycles. The molecule has 0 saturated carbocycles. The van der Waals surface area contributed by atoms with Crippen LogP contribution in [0.4, 0.5) is 0 Å². The lowest BCUT2D eigenvalue weighted by molar-refractivity contribution is -0.129. The summed E-state index contributed by atoms with van der Waals surface area (Å²) in [7, 11) is 0. The van der Waals surface area contributed by atoms with E-state index in [1.54, 1.807) is 41.5 Å². The second-order valence-electron chi connectivity index (χ2n) is 11.7. The maximum atomic E-state index is 13.4. The van der Waals surface area contributed by atoms with E-state index in [-0.39, 0.29) is 18.5 Å². The molecule has 10 nitrogen and oxygen atoms in total. The third-order valence-corrected chi connectivity index (χ3v) is 5.74. The van der Waals surface area contributed by atoms with Gasteiger partial charge in [0.25, 0.3) is 5.78 Å². The van der Waals surface area contributed by atoms with Gasteiger partial charge in [0.1, 0.15) is 23.5 Å². The zero-order chi connectivity index (χ0) is 30.2. The summed E-state index contributed by atoms with van der Waals surface area (Å²) < 4.78 is 0. The molecule has 0 spiro atoms. The van der Waals surface area contributed by atoms with Crippen LogP contribution in [0.3, 0.4) is 0 Å². The number of carbonyl (C=O) groups excluding carboxylic acids is 4. The van der Waals surface area contributed by atoms with Crippen molar-refractivity contribution in [1.29, 1.82) is 0 Å². The van der Waals surface area contributed by atoms with Crippen LogP contribution >= 0.6 is 0 Å². The van der Waals surface area contributed by atoms with Gasteiger partial charge in [-0.05, 0) is 65.5 Å². The number of carbonyl (C=O) groups is 4. The number of nitrogens with one attached hydrogen (secondary N) is 3. The number of rotatable bonds is 14. The van der Waals surface area contributed by atoms with Crippen LogP contribution in [0.1, 0.15) is 73.6 Å². The first kappa shape index (κ1) is 31.7. The van der Waals surface area contributed by atoms with Crippen molar-refractivity contribution in [1.82, 2.24) is 20.9 Å². The van der Waals surface area contributed by atoms with E-state index in [2.05, 4.69) is 20.9 Å². The Labute approximate surface area is 240 Å². The minimum atomic E-state index is -1.06. The highest BCUT2D eigenvalue weighted by Crippen LogP contribution is 2.15. The lowest BCUT2D eigenvalue weighted by Crippen LogP contribution is -2.47. The van der Waals surface area contributed by atoms with Crippen LogP contribution in [0.25, 0.3) is 0 Å². The lowest BCUT2D eigenvalue weighted by atomic mass is 9.96. The van der Waals surface area contributed by atoms with Crippen molar-refractivity contribution in [3.8, 4) is 0 Å². The van der Waals surface area contributed by atoms with Crippen molar-refractivity contribution in [2.45, 2.75) is 77.7 Å². The lowest BCUT2D eigenvalue weighted by Gasteiger charge is -2.24. The van der Waals surface area contributed by atoms with Crippen LogP contribution in [0, 0.1) is 0 Å². The number of hydrogen-bond donors (Lipinski definition) is 3. The highest BCUT2D eigenvalue weighted by molar-refractivity contribution is 6.50. The van der Waals surface area contributed by atoms with E-state index < -0.39 is 52.1 Å². The zero-order valence-corrected chi connectivity index (χ0v) is 24.3. The van der Waals surface area contributed by atoms with Crippen LogP contribution in [-0.2, 0) is 32.1 Å². The monoisotopic (exact) mass is 562 g/mol. The SMILES string of the molecule is CC(C)(C)ONC(Cc1ccccc1)C(=O)C(=O)c1nc[nH]c1C(=O)C(=O)C(Cc1ccccc1)NOC(C)(C)C. The highest BCUT2D eigenvalue weighted by atomic mass is 16.7. The number of hydrogen-bond acceptors (Lipinski definition) is 9. The third-order valence-electron chi connectivity index (χ3n) is 5.74. The predicted molar refractivity (Wildman–Crippen MR) is 153 cm³/mol. The molecule has 0 amide bonds. The van der Waals surface area contributed by atoms with E-state index in [0.29, 0.717) is 0 Å². The first-order chi connectivity index (χ1) is 19.2. The van der Waals surface area contributed by atoms with E-state index in [1.165, 1.54) is 0 Å². The molecule has 0 aliphatic rings. The van der Waals surface area contributed by atoms with Crippen molar-refractivity contribution in [2.24, 2.45) is 0 Å². The second kappa shape index (κ2) is 13.7. The molecule has 0 aliphatic heterocycles. The molecule has 3 rings (SSSR count). The number of aromatic nitrogens is 2. The summed E-state index contributed by atoms with van der Waals surface area (Å²) in [5.41, 5.74) is 4.94. The second-order valence-corrected chi connectivity index (χ2v) is 11.7. The molecule has 2 aromatic carbocycles. The van der Waals surface area contributed by atoms with Crippen molar-refractivity contribution in [2.75, 3.05) is 0 Å². The van der Waals surface area contributed by atoms with Crippen LogP contribution in [0.5, 0.6) is 0 Å². The normalized spacial score (nSPS) is 13.4. The molecule has 0 fully saturated rings. The Balaban J connectivity index is 1.85. The van der Waals surface area contributed by atoms with Crippen molar-refractivity contribution >= 4 is 23.1 Å². The molecule has 0 radical (unpaired) electrons. The Morgan fingerprint density at radius 3 is 1.54 bits per heavy atom. The van der Waals surface area contributed by atoms with Crippen molar-refractivity contribution in [3.63, 3.8) is 0 Å². The Morgan fingerprint density at radius 2 is 1.12 bits per heavy atom. The topological polar surface area (TPSA) is 139 Å². The van der Waals surface area contributed by atoms with E-state index >= 15 is 0 Å². The number of imidazole rings is 1. The van der Waals surface area contributed by atoms with Crippen LogP contribution in [0.15, 0.2) is 67.0 Å². The molecule has 0 bridgehead atoms. The van der Waals surface area contributed by atoms with E-state index in [9.17, 15) is 19.2 Å². The minimum absolute atomic E-state index is 0.154. The molecule has 3 N–H and O–H groups in total. The van der Waals surface area contributed by atoms with Crippen LogP contribution in [-0.4, -0.2) is 56.4 Å². The average Bonchev–Trinajstić information content (AvgIpc) is 3.42. The molecule has 1 heterocycles. The number of aromatic amines is 1. The number of ketones is 4. The van der Waals surface area contributed by atoms with Gasteiger partial charge in [0, 0.05) is 0 Å². The van der Waals surface area contributed by atoms with Gasteiger partial charge < -0.3 is 4.98 Å². The van der Waals surface area contributed by atoms with E-state index in [4.69, 9.17) is 9.68 Å². The zero-order valence-electron chi connectivity index (χ0n) is 24.3. The molecular formula is C31H38N4O6. The van der Waals surface area contributed by atoms with Gasteiger partial charge >= 0.3 is 0 Å². The molecule has 41 heavy (non-hydrogen) atoms. The summed E-state index contributed by atoms with van der Waals surface area (Å²) in [5, 5.41) is 0. The fraction of sp³-hybridized carbons (Fsp3) is 0.387. The Hall–Kier alpha value is -3.83. The van der Waals surface area contributed by atoms with Crippen molar-refractivity contribution < 1.29 is 28.9 Å². The van der Waals surface area contributed by atoms with Gasteiger partial charge in [-0.1, -0.05) is 60.7 Å². The van der Waals surface area contributed by atoms with Crippen LogP contribution < -0.4 is 11.0 Å². The van der Waals surface area contributed by atoms with Gasteiger partial charge in [0.05, 0.1) is 17.5 Å². The van der Waals surface area contributed by atoms with Gasteiger partial charge in [0.15, 0.2) is 0 Å². The molecule has 3 aromatic rings. The molecule has 10 heteroatoms. The van der Waals surface area contributed by atoms with Gasteiger partial charge in [-0.15, -0.1) is 0 Å². The van der Waals surface area contributed by atoms with E-state index in [1.807, 2.05) is 60.7 Å². The first-order valence-corrected chi connectivity index (χ1v) is 13.4. The first-order valence-electron chi connectivity index (χ1n) is 13.4. The third kappa shape index (κ3) is 9.65. The van der Waals surface area contributed by atoms with Gasteiger partial charge in [-0.2, -0.15) is 11.0 Å². The predicted octanol–water partition coefficient (Wildman–Crippen LogP) is 3.78. The number of hydroxylamine groups is 2. The molecular weight excluding hydrogens is 524 g/mol. The highest BCUT2D eigenvalue weighted by Gasteiger charge is 2.36. The fourth-order valence-electron chi connectivity index (χ4n) is 3.77. The summed E-state index contributed by atoms with van der Waals surface area (Å²) in [6.45, 7) is 10.8. The number of Topliss-reactive ketones (excluding diaryl/α,β-unsaturated/α-hetero) is 4. The average molecular weight is 563 g/mol. The molecule has 2 atom stereocenters. The fourth-order valence-corrected chi connectivity index (χ4v) is 3.77. The maximum absolute atomic E-state index is 13.4. The Bertz CT molecular complexity index is 1240. The number of benzene rings is 2. The molecule has 0 saturated heterocycles. The van der Waals surface area contributed by atoms with Crippen LogP contribution in [0.2, 0.25) is 0 Å². The molecule has 218 valence electrons. The minimum Gasteiger partial charge on any atom is -0.341 e. The quantitative estimate of drug-likeness (QED) is 0.152. The smallest absolute Gasteiger partial charge is 0.251 e. The standard InChI is InChI=1S/C31H38N4O6/c1-30(2,3)40-34-22(17-20-13-9-7-10-14-20)26(36)28(38)24-25(33-19-32-24)29(39)27(37)23(35-41-31(4,5)6)18-21-15-11-8-12-16-21/h7-16,19,22-23,34-35H,17-18H2,1-6H3,(H,32,33). The van der Waals surface area contributed by atoms with Gasteiger partial charge in [-0.25, -0.2) is 4.98 Å². The summed E-state index contributed by atoms with van der Waals surface area (Å²) >= 11 is 0. The van der Waals surface area contributed by atoms with E-state index in [0.717, 1.165) is 17.5 Å². The summed E-state index contributed by atoms with van der Waals surface area (Å²) in [6.07, 6.45) is 1.42.